The standard InChI is InChI=1S/C15H26N2O/c1-13-8-9-14(12-15(13)17(2)3)16-10-6-4-5-7-11-18/h8-9,12,16,18H,4-7,10-11H2,1-3H3. The van der Waals surface area contributed by atoms with Crippen LogP contribution in [0.3, 0.4) is 0 Å². The van der Waals surface area contributed by atoms with E-state index < -0.39 is 0 Å². The van der Waals surface area contributed by atoms with Crippen molar-refractivity contribution in [2.45, 2.75) is 32.6 Å². The highest BCUT2D eigenvalue weighted by molar-refractivity contribution is 5.61. The summed E-state index contributed by atoms with van der Waals surface area (Å²) in [5, 5.41) is 12.1. The number of nitrogens with one attached hydrogen (secondary N) is 1. The van der Waals surface area contributed by atoms with Crippen LogP contribution < -0.4 is 10.2 Å². The van der Waals surface area contributed by atoms with E-state index in [9.17, 15) is 0 Å². The van der Waals surface area contributed by atoms with Crippen molar-refractivity contribution < 1.29 is 5.11 Å². The van der Waals surface area contributed by atoms with Crippen LogP contribution in [0.5, 0.6) is 0 Å². The maximum absolute atomic E-state index is 8.69. The third-order valence-corrected chi connectivity index (χ3v) is 3.10. The average molecular weight is 250 g/mol. The predicted molar refractivity (Wildman–Crippen MR) is 79.5 cm³/mol. The van der Waals surface area contributed by atoms with E-state index in [0.717, 1.165) is 25.8 Å². The van der Waals surface area contributed by atoms with Crippen LogP contribution >= 0.6 is 0 Å². The molecule has 0 spiro atoms. The van der Waals surface area contributed by atoms with Gasteiger partial charge in [0.05, 0.1) is 0 Å². The minimum atomic E-state index is 0.317. The van der Waals surface area contributed by atoms with Crippen LogP contribution in [-0.2, 0) is 0 Å². The second-order valence-electron chi connectivity index (χ2n) is 4.96. The van der Waals surface area contributed by atoms with Crippen molar-refractivity contribution in [2.24, 2.45) is 0 Å². The summed E-state index contributed by atoms with van der Waals surface area (Å²) in [6.45, 7) is 3.45. The van der Waals surface area contributed by atoms with Gasteiger partial charge in [0.2, 0.25) is 0 Å². The fourth-order valence-electron chi connectivity index (χ4n) is 2.02. The molecule has 0 fully saturated rings. The van der Waals surface area contributed by atoms with E-state index in [0.29, 0.717) is 6.61 Å². The molecule has 102 valence electrons. The topological polar surface area (TPSA) is 35.5 Å². The van der Waals surface area contributed by atoms with Gasteiger partial charge in [0, 0.05) is 38.6 Å². The molecule has 1 aromatic carbocycles. The largest absolute Gasteiger partial charge is 0.396 e. The Morgan fingerprint density at radius 3 is 2.50 bits per heavy atom. The first-order valence-corrected chi connectivity index (χ1v) is 6.78. The highest BCUT2D eigenvalue weighted by atomic mass is 16.2. The van der Waals surface area contributed by atoms with Crippen molar-refractivity contribution in [3.05, 3.63) is 23.8 Å². The van der Waals surface area contributed by atoms with E-state index in [1.807, 2.05) is 0 Å². The van der Waals surface area contributed by atoms with Gasteiger partial charge in [0.25, 0.3) is 0 Å². The van der Waals surface area contributed by atoms with Crippen molar-refractivity contribution >= 4 is 11.4 Å². The first-order valence-electron chi connectivity index (χ1n) is 6.78. The Morgan fingerprint density at radius 1 is 1.11 bits per heavy atom. The molecule has 0 aliphatic rings. The molecule has 18 heavy (non-hydrogen) atoms. The third kappa shape index (κ3) is 4.96. The Labute approximate surface area is 111 Å². The van der Waals surface area contributed by atoms with Crippen molar-refractivity contribution in [1.82, 2.24) is 0 Å². The van der Waals surface area contributed by atoms with Crippen LogP contribution in [0.15, 0.2) is 18.2 Å². The lowest BCUT2D eigenvalue weighted by Crippen LogP contribution is -2.11. The molecule has 0 unspecified atom stereocenters. The molecule has 0 aliphatic heterocycles. The van der Waals surface area contributed by atoms with Crippen LogP contribution in [-0.4, -0.2) is 32.4 Å². The summed E-state index contributed by atoms with van der Waals surface area (Å²) in [6.07, 6.45) is 4.38. The summed E-state index contributed by atoms with van der Waals surface area (Å²) in [7, 11) is 4.14. The van der Waals surface area contributed by atoms with E-state index >= 15 is 0 Å². The van der Waals surface area contributed by atoms with Crippen LogP contribution in [0, 0.1) is 6.92 Å². The molecule has 0 radical (unpaired) electrons. The first-order chi connectivity index (χ1) is 8.65. The minimum absolute atomic E-state index is 0.317. The van der Waals surface area contributed by atoms with Gasteiger partial charge in [-0.05, 0) is 37.5 Å². The normalized spacial score (nSPS) is 10.4. The Hall–Kier alpha value is -1.22. The smallest absolute Gasteiger partial charge is 0.0431 e. The molecule has 0 aromatic heterocycles. The van der Waals surface area contributed by atoms with E-state index in [4.69, 9.17) is 5.11 Å². The number of rotatable bonds is 8. The van der Waals surface area contributed by atoms with Crippen LogP contribution in [0.1, 0.15) is 31.2 Å². The van der Waals surface area contributed by atoms with Crippen molar-refractivity contribution in [3.8, 4) is 0 Å². The number of unbranched alkanes of at least 4 members (excludes halogenated alkanes) is 3. The quantitative estimate of drug-likeness (QED) is 0.696. The molecule has 0 aliphatic carbocycles. The minimum Gasteiger partial charge on any atom is -0.396 e. The van der Waals surface area contributed by atoms with E-state index in [1.54, 1.807) is 0 Å². The predicted octanol–water partition coefficient (Wildman–Crippen LogP) is 3.03. The average Bonchev–Trinajstić information content (AvgIpc) is 2.35. The highest BCUT2D eigenvalue weighted by Crippen LogP contribution is 2.22. The highest BCUT2D eigenvalue weighted by Gasteiger charge is 2.01. The zero-order chi connectivity index (χ0) is 13.4. The van der Waals surface area contributed by atoms with Gasteiger partial charge in [-0.25, -0.2) is 0 Å². The van der Waals surface area contributed by atoms with E-state index in [2.05, 4.69) is 49.4 Å². The molecular weight excluding hydrogens is 224 g/mol. The van der Waals surface area contributed by atoms with Gasteiger partial charge in [0.1, 0.15) is 0 Å². The lowest BCUT2D eigenvalue weighted by molar-refractivity contribution is 0.283. The molecular formula is C15H26N2O. The molecule has 0 heterocycles. The third-order valence-electron chi connectivity index (χ3n) is 3.10. The SMILES string of the molecule is Cc1ccc(NCCCCCCO)cc1N(C)C. The first kappa shape index (κ1) is 14.8. The van der Waals surface area contributed by atoms with Gasteiger partial charge in [-0.3, -0.25) is 0 Å². The number of hydrogen-bond donors (Lipinski definition) is 2. The Balaban J connectivity index is 2.36. The molecule has 0 saturated heterocycles. The number of aryl methyl sites for hydroxylation is 1. The number of nitrogens with zero attached hydrogens (tertiary/aromatic N) is 1. The number of benzene rings is 1. The second kappa shape index (κ2) is 7.98. The maximum atomic E-state index is 8.69. The summed E-state index contributed by atoms with van der Waals surface area (Å²) in [6, 6.07) is 6.49. The fraction of sp³-hybridized carbons (Fsp3) is 0.600. The Morgan fingerprint density at radius 2 is 1.83 bits per heavy atom. The summed E-state index contributed by atoms with van der Waals surface area (Å²) in [5.74, 6) is 0. The zero-order valence-corrected chi connectivity index (χ0v) is 11.9. The van der Waals surface area contributed by atoms with Crippen molar-refractivity contribution in [3.63, 3.8) is 0 Å². The van der Waals surface area contributed by atoms with E-state index in [-0.39, 0.29) is 0 Å². The maximum Gasteiger partial charge on any atom is 0.0431 e. The van der Waals surface area contributed by atoms with Gasteiger partial charge in [-0.15, -0.1) is 0 Å². The lowest BCUT2D eigenvalue weighted by Gasteiger charge is -2.17. The molecule has 2 N–H and O–H groups in total. The van der Waals surface area contributed by atoms with Gasteiger partial charge >= 0.3 is 0 Å². The Bertz CT molecular complexity index is 350. The fourth-order valence-corrected chi connectivity index (χ4v) is 2.02. The molecule has 1 aromatic rings. The lowest BCUT2D eigenvalue weighted by atomic mass is 10.1. The number of aliphatic hydroxyl groups excluding tert-OH is 1. The van der Waals surface area contributed by atoms with Gasteiger partial charge in [0.15, 0.2) is 0 Å². The van der Waals surface area contributed by atoms with E-state index in [1.165, 1.54) is 23.4 Å². The molecule has 1 rings (SSSR count). The van der Waals surface area contributed by atoms with Crippen LogP contribution in [0.25, 0.3) is 0 Å². The monoisotopic (exact) mass is 250 g/mol. The van der Waals surface area contributed by atoms with Gasteiger partial charge in [-0.2, -0.15) is 0 Å². The van der Waals surface area contributed by atoms with Crippen LogP contribution in [0.4, 0.5) is 11.4 Å². The van der Waals surface area contributed by atoms with Crippen molar-refractivity contribution in [1.29, 1.82) is 0 Å². The summed E-state index contributed by atoms with van der Waals surface area (Å²) in [5.41, 5.74) is 3.75. The van der Waals surface area contributed by atoms with Gasteiger partial charge < -0.3 is 15.3 Å². The summed E-state index contributed by atoms with van der Waals surface area (Å²) < 4.78 is 0. The van der Waals surface area contributed by atoms with Gasteiger partial charge in [-0.1, -0.05) is 18.9 Å². The molecule has 0 amide bonds. The number of aliphatic hydroxyl groups is 1. The second-order valence-corrected chi connectivity index (χ2v) is 4.96. The van der Waals surface area contributed by atoms with Crippen LogP contribution in [0.2, 0.25) is 0 Å². The molecule has 3 heteroatoms. The molecule has 0 bridgehead atoms. The Kier molecular flexibility index (Phi) is 6.58. The summed E-state index contributed by atoms with van der Waals surface area (Å²) in [4.78, 5) is 2.14. The molecule has 3 nitrogen and oxygen atoms in total. The number of anilines is 2. The number of hydrogen-bond acceptors (Lipinski definition) is 3. The van der Waals surface area contributed by atoms with Crippen molar-refractivity contribution in [2.75, 3.05) is 37.5 Å². The zero-order valence-electron chi connectivity index (χ0n) is 11.9. The molecule has 0 saturated carbocycles. The summed E-state index contributed by atoms with van der Waals surface area (Å²) >= 11 is 0. The molecule has 0 atom stereocenters.